The third-order valence-electron chi connectivity index (χ3n) is 6.16. The maximum atomic E-state index is 12.5. The predicted octanol–water partition coefficient (Wildman–Crippen LogP) is 8.55. The lowest BCUT2D eigenvalue weighted by Gasteiger charge is -2.16. The van der Waals surface area contributed by atoms with Crippen LogP contribution in [0.1, 0.15) is 149 Å². The highest BCUT2D eigenvalue weighted by Crippen LogP contribution is 2.19. The van der Waals surface area contributed by atoms with Gasteiger partial charge in [-0.2, -0.15) is 0 Å². The summed E-state index contributed by atoms with van der Waals surface area (Å²) in [5.74, 6) is -0.816. The molecule has 32 heavy (non-hydrogen) atoms. The summed E-state index contributed by atoms with van der Waals surface area (Å²) in [6, 6.07) is 0. The van der Waals surface area contributed by atoms with Crippen molar-refractivity contribution in [2.75, 3.05) is 13.2 Å². The molecule has 0 aromatic carbocycles. The van der Waals surface area contributed by atoms with Crippen LogP contribution in [0.2, 0.25) is 0 Å². The maximum absolute atomic E-state index is 12.5. The Hall–Kier alpha value is -1.06. The Bertz CT molecular complexity index is 422. The molecule has 0 aliphatic rings. The summed E-state index contributed by atoms with van der Waals surface area (Å²) in [5, 5.41) is 0. The van der Waals surface area contributed by atoms with Gasteiger partial charge in [0.05, 0.1) is 25.6 Å². The number of carbonyl (C=O) groups is 2. The van der Waals surface area contributed by atoms with Gasteiger partial charge in [-0.25, -0.2) is 0 Å². The van der Waals surface area contributed by atoms with Gasteiger partial charge in [0.2, 0.25) is 0 Å². The van der Waals surface area contributed by atoms with Gasteiger partial charge in [0.15, 0.2) is 0 Å². The van der Waals surface area contributed by atoms with Crippen molar-refractivity contribution in [1.29, 1.82) is 0 Å². The monoisotopic (exact) mass is 454 g/mol. The Balaban J connectivity index is 4.04. The summed E-state index contributed by atoms with van der Waals surface area (Å²) in [6.07, 6.45) is 22.5. The zero-order valence-electron chi connectivity index (χ0n) is 21.8. The molecule has 1 atom stereocenters. The van der Waals surface area contributed by atoms with Gasteiger partial charge in [-0.05, 0) is 19.3 Å². The van der Waals surface area contributed by atoms with Crippen molar-refractivity contribution < 1.29 is 19.1 Å². The molecule has 0 aromatic rings. The smallest absolute Gasteiger partial charge is 0.309 e. The Morgan fingerprint density at radius 3 is 1.44 bits per heavy atom. The first-order valence-electron chi connectivity index (χ1n) is 14.0. The number of rotatable bonds is 24. The highest BCUT2D eigenvalue weighted by atomic mass is 16.5. The van der Waals surface area contributed by atoms with Crippen LogP contribution in [-0.2, 0) is 19.1 Å². The van der Waals surface area contributed by atoms with E-state index in [0.717, 1.165) is 57.8 Å². The fourth-order valence-electron chi connectivity index (χ4n) is 3.98. The Morgan fingerprint density at radius 2 is 0.938 bits per heavy atom. The lowest BCUT2D eigenvalue weighted by Crippen LogP contribution is -2.23. The molecule has 0 fully saturated rings. The molecule has 0 aromatic heterocycles. The van der Waals surface area contributed by atoms with Crippen molar-refractivity contribution in [2.24, 2.45) is 5.92 Å². The van der Waals surface area contributed by atoms with Gasteiger partial charge in [0.1, 0.15) is 0 Å². The summed E-state index contributed by atoms with van der Waals surface area (Å²) in [4.78, 5) is 24.7. The van der Waals surface area contributed by atoms with E-state index in [0.29, 0.717) is 13.2 Å². The molecule has 0 spiro atoms. The molecule has 0 N–H and O–H groups in total. The molecule has 0 aliphatic heterocycles. The van der Waals surface area contributed by atoms with E-state index in [1.807, 2.05) is 0 Å². The van der Waals surface area contributed by atoms with Gasteiger partial charge < -0.3 is 9.47 Å². The second kappa shape index (κ2) is 24.6. The summed E-state index contributed by atoms with van der Waals surface area (Å²) < 4.78 is 10.8. The van der Waals surface area contributed by atoms with Gasteiger partial charge in [-0.15, -0.1) is 0 Å². The molecular weight excluding hydrogens is 400 g/mol. The molecule has 0 saturated carbocycles. The van der Waals surface area contributed by atoms with Crippen molar-refractivity contribution in [3.05, 3.63) is 0 Å². The molecule has 1 unspecified atom stereocenters. The molecule has 4 nitrogen and oxygen atoms in total. The molecule has 0 amide bonds. The van der Waals surface area contributed by atoms with E-state index < -0.39 is 0 Å². The van der Waals surface area contributed by atoms with Crippen LogP contribution in [-0.4, -0.2) is 25.2 Å². The van der Waals surface area contributed by atoms with Crippen molar-refractivity contribution in [1.82, 2.24) is 0 Å². The summed E-state index contributed by atoms with van der Waals surface area (Å²) in [5.41, 5.74) is 0. The minimum absolute atomic E-state index is 0.163. The molecule has 0 bridgehead atoms. The molecule has 4 heteroatoms. The minimum atomic E-state index is -0.349. The zero-order chi connectivity index (χ0) is 23.7. The van der Waals surface area contributed by atoms with Crippen LogP contribution >= 0.6 is 0 Å². The summed E-state index contributed by atoms with van der Waals surface area (Å²) >= 11 is 0. The van der Waals surface area contributed by atoms with Gasteiger partial charge in [-0.3, -0.25) is 9.59 Å². The lowest BCUT2D eigenvalue weighted by molar-refractivity contribution is -0.155. The predicted molar refractivity (Wildman–Crippen MR) is 135 cm³/mol. The standard InChI is InChI=1S/C28H54O4/c1-4-7-10-11-12-13-14-15-16-17-18-19-22-26(28(30)32-24-21-9-6-3)25-27(29)31-23-20-8-5-2/h26H,4-25H2,1-3H3. The van der Waals surface area contributed by atoms with E-state index >= 15 is 0 Å². The fourth-order valence-corrected chi connectivity index (χ4v) is 3.98. The normalized spacial score (nSPS) is 12.0. The zero-order valence-corrected chi connectivity index (χ0v) is 21.8. The maximum Gasteiger partial charge on any atom is 0.309 e. The SMILES string of the molecule is CCCCCCCCCCCCCCC(CC(=O)OCCCCC)C(=O)OCCCCC. The summed E-state index contributed by atoms with van der Waals surface area (Å²) in [6.45, 7) is 7.45. The van der Waals surface area contributed by atoms with Crippen LogP contribution in [0.4, 0.5) is 0 Å². The number of esters is 2. The average Bonchev–Trinajstić information content (AvgIpc) is 2.79. The van der Waals surface area contributed by atoms with Gasteiger partial charge in [0.25, 0.3) is 0 Å². The van der Waals surface area contributed by atoms with Crippen molar-refractivity contribution in [3.63, 3.8) is 0 Å². The molecule has 0 aliphatic carbocycles. The van der Waals surface area contributed by atoms with Crippen LogP contribution in [0.15, 0.2) is 0 Å². The number of ether oxygens (including phenoxy) is 2. The van der Waals surface area contributed by atoms with E-state index in [9.17, 15) is 9.59 Å². The highest BCUT2D eigenvalue weighted by Gasteiger charge is 2.23. The van der Waals surface area contributed by atoms with Gasteiger partial charge >= 0.3 is 11.9 Å². The third kappa shape index (κ3) is 20.8. The topological polar surface area (TPSA) is 52.6 Å². The van der Waals surface area contributed by atoms with E-state index in [-0.39, 0.29) is 24.3 Å². The molecule has 0 heterocycles. The van der Waals surface area contributed by atoms with E-state index in [4.69, 9.17) is 9.47 Å². The first-order chi connectivity index (χ1) is 15.7. The molecule has 190 valence electrons. The lowest BCUT2D eigenvalue weighted by atomic mass is 9.97. The minimum Gasteiger partial charge on any atom is -0.466 e. The van der Waals surface area contributed by atoms with Crippen LogP contribution in [0.5, 0.6) is 0 Å². The third-order valence-corrected chi connectivity index (χ3v) is 6.16. The van der Waals surface area contributed by atoms with E-state index in [1.54, 1.807) is 0 Å². The summed E-state index contributed by atoms with van der Waals surface area (Å²) in [7, 11) is 0. The average molecular weight is 455 g/mol. The van der Waals surface area contributed by atoms with Crippen molar-refractivity contribution in [3.8, 4) is 0 Å². The van der Waals surface area contributed by atoms with Crippen LogP contribution in [0.25, 0.3) is 0 Å². The second-order valence-electron chi connectivity index (χ2n) is 9.38. The first-order valence-corrected chi connectivity index (χ1v) is 14.0. The Morgan fingerprint density at radius 1 is 0.531 bits per heavy atom. The largest absolute Gasteiger partial charge is 0.466 e. The van der Waals surface area contributed by atoms with Crippen molar-refractivity contribution in [2.45, 2.75) is 149 Å². The molecule has 0 rings (SSSR count). The fraction of sp³-hybridized carbons (Fsp3) is 0.929. The Labute approximate surface area is 199 Å². The van der Waals surface area contributed by atoms with E-state index in [1.165, 1.54) is 64.2 Å². The highest BCUT2D eigenvalue weighted by molar-refractivity contribution is 5.79. The van der Waals surface area contributed by atoms with Gasteiger partial charge in [-0.1, -0.05) is 124 Å². The molecule has 0 radical (unpaired) electrons. The van der Waals surface area contributed by atoms with Crippen LogP contribution < -0.4 is 0 Å². The van der Waals surface area contributed by atoms with Crippen LogP contribution in [0, 0.1) is 5.92 Å². The van der Waals surface area contributed by atoms with Crippen LogP contribution in [0.3, 0.4) is 0 Å². The first kappa shape index (κ1) is 30.9. The molecular formula is C28H54O4. The number of carbonyl (C=O) groups excluding carboxylic acids is 2. The van der Waals surface area contributed by atoms with E-state index in [2.05, 4.69) is 20.8 Å². The molecule has 0 saturated heterocycles. The quantitative estimate of drug-likeness (QED) is 0.108. The number of hydrogen-bond acceptors (Lipinski definition) is 4. The van der Waals surface area contributed by atoms with Crippen molar-refractivity contribution >= 4 is 11.9 Å². The number of hydrogen-bond donors (Lipinski definition) is 0. The number of unbranched alkanes of at least 4 members (excludes halogenated alkanes) is 15. The van der Waals surface area contributed by atoms with Gasteiger partial charge in [0, 0.05) is 0 Å². The Kier molecular flexibility index (Phi) is 23.8. The second-order valence-corrected chi connectivity index (χ2v) is 9.38.